The number of aromatic amines is 1. The van der Waals surface area contributed by atoms with Crippen molar-refractivity contribution < 1.29 is 19.0 Å². The van der Waals surface area contributed by atoms with Gasteiger partial charge in [-0.3, -0.25) is 14.5 Å². The standard InChI is InChI=1S/C49H53ClN8O5/c1-30(2)31-12-14-41(38(23-31)39-29-56(7)44(60)42-37(39)15-16-52-42)62-35-10-8-9-34(24-35)61-22-21-57-17-19-58(20-18-57)47-53-27-33(28-54-47)43(59)55-45-48(3,4)46(49(45,5)6)63-36-13-11-32(26-51)40(50)25-36/h8-16,23-25,27-30,45-46,52H,17-22H2,1-7H3,(H,55,59). The van der Waals surface area contributed by atoms with Crippen LogP contribution in [0.4, 0.5) is 5.95 Å². The maximum absolute atomic E-state index is 13.5. The van der Waals surface area contributed by atoms with E-state index in [1.165, 1.54) is 5.56 Å². The predicted octanol–water partition coefficient (Wildman–Crippen LogP) is 8.58. The number of hydrogen-bond donors (Lipinski definition) is 2. The number of anilines is 1. The molecule has 326 valence electrons. The maximum Gasteiger partial charge on any atom is 0.274 e. The fourth-order valence-corrected chi connectivity index (χ4v) is 9.53. The average Bonchev–Trinajstić information content (AvgIpc) is 3.77. The Morgan fingerprint density at radius 3 is 2.38 bits per heavy atom. The lowest BCUT2D eigenvalue weighted by Crippen LogP contribution is -2.74. The number of nitriles is 1. The van der Waals surface area contributed by atoms with Crippen LogP contribution in [0.15, 0.2) is 96.3 Å². The molecular weight excluding hydrogens is 816 g/mol. The SMILES string of the molecule is CC(C)c1ccc(Oc2cccc(OCCN3CCN(c4ncc(C(=O)NC5C(C)(C)C(Oc6ccc(C#N)c(Cl)c6)C5(C)C)cn4)CC3)c2)c(-c2cn(C)c(=O)c3[nH]ccc23)c1. The molecule has 1 aliphatic heterocycles. The summed E-state index contributed by atoms with van der Waals surface area (Å²) in [6.07, 6.45) is 6.64. The summed E-state index contributed by atoms with van der Waals surface area (Å²) in [6.45, 7) is 17.0. The van der Waals surface area contributed by atoms with Crippen LogP contribution in [0.2, 0.25) is 5.02 Å². The van der Waals surface area contributed by atoms with Crippen LogP contribution in [0, 0.1) is 22.2 Å². The van der Waals surface area contributed by atoms with Gasteiger partial charge in [-0.2, -0.15) is 5.26 Å². The lowest BCUT2D eigenvalue weighted by atomic mass is 9.49. The molecule has 14 heteroatoms. The first-order chi connectivity index (χ1) is 30.1. The van der Waals surface area contributed by atoms with Crippen molar-refractivity contribution >= 4 is 34.4 Å². The summed E-state index contributed by atoms with van der Waals surface area (Å²) < 4.78 is 20.7. The molecule has 2 fully saturated rings. The van der Waals surface area contributed by atoms with Gasteiger partial charge >= 0.3 is 0 Å². The highest BCUT2D eigenvalue weighted by Gasteiger charge is 2.64. The number of carbonyl (C=O) groups excluding carboxylic acids is 1. The lowest BCUT2D eigenvalue weighted by Gasteiger charge is -2.63. The summed E-state index contributed by atoms with van der Waals surface area (Å²) in [4.78, 5) is 43.0. The molecule has 0 spiro atoms. The van der Waals surface area contributed by atoms with Gasteiger partial charge in [0.05, 0.1) is 16.1 Å². The number of nitrogens with one attached hydrogen (secondary N) is 2. The van der Waals surface area contributed by atoms with E-state index in [1.807, 2.05) is 42.6 Å². The van der Waals surface area contributed by atoms with Crippen LogP contribution in [-0.2, 0) is 7.05 Å². The van der Waals surface area contributed by atoms with E-state index < -0.39 is 10.8 Å². The zero-order valence-corrected chi connectivity index (χ0v) is 37.5. The van der Waals surface area contributed by atoms with E-state index in [1.54, 1.807) is 48.4 Å². The van der Waals surface area contributed by atoms with Crippen molar-refractivity contribution in [3.05, 3.63) is 124 Å². The first kappa shape index (κ1) is 43.3. The lowest BCUT2D eigenvalue weighted by molar-refractivity contribution is -0.164. The molecule has 0 radical (unpaired) electrons. The van der Waals surface area contributed by atoms with Crippen LogP contribution >= 0.6 is 11.6 Å². The molecule has 0 bridgehead atoms. The molecule has 4 heterocycles. The first-order valence-corrected chi connectivity index (χ1v) is 21.7. The van der Waals surface area contributed by atoms with Gasteiger partial charge in [-0.25, -0.2) is 9.97 Å². The third kappa shape index (κ3) is 8.70. The predicted molar refractivity (Wildman–Crippen MR) is 245 cm³/mol. The first-order valence-electron chi connectivity index (χ1n) is 21.3. The van der Waals surface area contributed by atoms with Gasteiger partial charge in [0.2, 0.25) is 5.95 Å². The molecule has 0 atom stereocenters. The minimum absolute atomic E-state index is 0.0787. The summed E-state index contributed by atoms with van der Waals surface area (Å²) in [6, 6.07) is 22.8. The van der Waals surface area contributed by atoms with Gasteiger partial charge in [0, 0.05) is 110 Å². The number of fused-ring (bicyclic) bond motifs is 1. The molecule has 3 aromatic carbocycles. The number of piperazine rings is 1. The zero-order valence-electron chi connectivity index (χ0n) is 36.7. The van der Waals surface area contributed by atoms with Crippen LogP contribution in [0.1, 0.15) is 68.9 Å². The fourth-order valence-electron chi connectivity index (χ4n) is 9.32. The summed E-state index contributed by atoms with van der Waals surface area (Å²) >= 11 is 6.25. The van der Waals surface area contributed by atoms with Gasteiger partial charge in [0.1, 0.15) is 47.3 Å². The van der Waals surface area contributed by atoms with Gasteiger partial charge in [-0.1, -0.05) is 65.3 Å². The molecule has 1 saturated carbocycles. The zero-order chi connectivity index (χ0) is 44.6. The number of nitrogens with zero attached hydrogens (tertiary/aromatic N) is 6. The highest BCUT2D eigenvalue weighted by molar-refractivity contribution is 6.31. The van der Waals surface area contributed by atoms with E-state index >= 15 is 0 Å². The monoisotopic (exact) mass is 868 g/mol. The topological polar surface area (TPSA) is 151 Å². The van der Waals surface area contributed by atoms with Crippen molar-refractivity contribution in [3.63, 3.8) is 0 Å². The van der Waals surface area contributed by atoms with E-state index in [4.69, 9.17) is 25.8 Å². The molecule has 1 amide bonds. The van der Waals surface area contributed by atoms with E-state index in [0.29, 0.717) is 63.1 Å². The number of amides is 1. The Morgan fingerprint density at radius 2 is 1.68 bits per heavy atom. The number of carbonyl (C=O) groups is 1. The minimum atomic E-state index is -0.390. The van der Waals surface area contributed by atoms with E-state index in [2.05, 4.69) is 89.8 Å². The Hall–Kier alpha value is -6.36. The molecule has 1 aliphatic carbocycles. The molecule has 8 rings (SSSR count). The third-order valence-corrected chi connectivity index (χ3v) is 12.9. The second-order valence-electron chi connectivity index (χ2n) is 18.0. The highest BCUT2D eigenvalue weighted by Crippen LogP contribution is 2.55. The maximum atomic E-state index is 13.5. The molecule has 63 heavy (non-hydrogen) atoms. The second kappa shape index (κ2) is 17.4. The smallest absolute Gasteiger partial charge is 0.274 e. The Bertz CT molecular complexity index is 2730. The number of hydrogen-bond acceptors (Lipinski definition) is 10. The van der Waals surface area contributed by atoms with Crippen LogP contribution in [0.3, 0.4) is 0 Å². The van der Waals surface area contributed by atoms with Gasteiger partial charge in [-0.05, 0) is 53.9 Å². The quantitative estimate of drug-likeness (QED) is 0.116. The van der Waals surface area contributed by atoms with Crippen molar-refractivity contribution in [1.29, 1.82) is 5.26 Å². The Kier molecular flexibility index (Phi) is 12.0. The number of pyridine rings is 1. The van der Waals surface area contributed by atoms with Crippen LogP contribution in [-0.4, -0.2) is 81.8 Å². The van der Waals surface area contributed by atoms with E-state index in [-0.39, 0.29) is 23.6 Å². The van der Waals surface area contributed by atoms with Crippen molar-refractivity contribution in [3.8, 4) is 40.2 Å². The molecule has 3 aromatic heterocycles. The van der Waals surface area contributed by atoms with Crippen LogP contribution in [0.25, 0.3) is 22.0 Å². The average molecular weight is 869 g/mol. The van der Waals surface area contributed by atoms with Crippen LogP contribution < -0.4 is 30.0 Å². The largest absolute Gasteiger partial charge is 0.492 e. The van der Waals surface area contributed by atoms with E-state index in [0.717, 1.165) is 49.2 Å². The highest BCUT2D eigenvalue weighted by atomic mass is 35.5. The summed E-state index contributed by atoms with van der Waals surface area (Å²) in [5.41, 5.74) is 3.48. The van der Waals surface area contributed by atoms with E-state index in [9.17, 15) is 14.9 Å². The molecule has 2 N–H and O–H groups in total. The molecule has 1 saturated heterocycles. The summed E-state index contributed by atoms with van der Waals surface area (Å²) in [5, 5.41) is 13.6. The van der Waals surface area contributed by atoms with Crippen molar-refractivity contribution in [2.24, 2.45) is 17.9 Å². The Labute approximate surface area is 372 Å². The minimum Gasteiger partial charge on any atom is -0.492 e. The number of aromatic nitrogens is 4. The van der Waals surface area contributed by atoms with Crippen molar-refractivity contribution in [2.45, 2.75) is 59.6 Å². The van der Waals surface area contributed by atoms with Gasteiger partial charge in [-0.15, -0.1) is 0 Å². The van der Waals surface area contributed by atoms with Gasteiger partial charge in [0.15, 0.2) is 0 Å². The Morgan fingerprint density at radius 1 is 0.952 bits per heavy atom. The van der Waals surface area contributed by atoms with Gasteiger partial charge < -0.3 is 34.0 Å². The molecule has 0 unspecified atom stereocenters. The fraction of sp³-hybridized carbons (Fsp3) is 0.367. The number of aryl methyl sites for hydroxylation is 1. The second-order valence-corrected chi connectivity index (χ2v) is 18.4. The third-order valence-electron chi connectivity index (χ3n) is 12.5. The molecule has 13 nitrogen and oxygen atoms in total. The van der Waals surface area contributed by atoms with Crippen molar-refractivity contribution in [1.82, 2.24) is 29.7 Å². The van der Waals surface area contributed by atoms with Crippen LogP contribution in [0.5, 0.6) is 23.0 Å². The number of H-pyrrole nitrogens is 1. The molecule has 6 aromatic rings. The number of rotatable bonds is 13. The molecule has 2 aliphatic rings. The molecular formula is C49H53ClN8O5. The number of halogens is 1. The Balaban J connectivity index is 0.826. The summed E-state index contributed by atoms with van der Waals surface area (Å²) in [7, 11) is 1.76. The number of ether oxygens (including phenoxy) is 3. The van der Waals surface area contributed by atoms with Crippen molar-refractivity contribution in [2.75, 3.05) is 44.2 Å². The number of benzene rings is 3. The summed E-state index contributed by atoms with van der Waals surface area (Å²) in [5.74, 6) is 3.30. The normalized spacial score (nSPS) is 18.1. The van der Waals surface area contributed by atoms with Gasteiger partial charge in [0.25, 0.3) is 11.5 Å².